The van der Waals surface area contributed by atoms with Crippen LogP contribution < -0.4 is 14.8 Å². The molecule has 0 aliphatic heterocycles. The number of benzene rings is 2. The predicted molar refractivity (Wildman–Crippen MR) is 94.7 cm³/mol. The Bertz CT molecular complexity index is 731. The SMILES string of the molecule is COc1ccc(CN(C)C(=O)NCCc2ccc(OC(F)(F)F)cc2)cc1. The van der Waals surface area contributed by atoms with E-state index in [1.165, 1.54) is 24.3 Å². The first-order valence-corrected chi connectivity index (χ1v) is 8.23. The van der Waals surface area contributed by atoms with Crippen molar-refractivity contribution < 1.29 is 27.4 Å². The molecule has 0 saturated carbocycles. The van der Waals surface area contributed by atoms with Crippen LogP contribution in [0.4, 0.5) is 18.0 Å². The van der Waals surface area contributed by atoms with Gasteiger partial charge in [-0.2, -0.15) is 0 Å². The Labute approximate surface area is 155 Å². The molecule has 8 heteroatoms. The van der Waals surface area contributed by atoms with Crippen LogP contribution in [-0.4, -0.2) is 38.0 Å². The fraction of sp³-hybridized carbons (Fsp3) is 0.316. The highest BCUT2D eigenvalue weighted by molar-refractivity contribution is 5.73. The fourth-order valence-electron chi connectivity index (χ4n) is 2.38. The maximum atomic E-state index is 12.1. The minimum atomic E-state index is -4.70. The molecule has 146 valence electrons. The Hall–Kier alpha value is -2.90. The number of amides is 2. The van der Waals surface area contributed by atoms with Crippen molar-refractivity contribution in [2.75, 3.05) is 20.7 Å². The largest absolute Gasteiger partial charge is 0.573 e. The molecule has 1 N–H and O–H groups in total. The number of ether oxygens (including phenoxy) is 2. The molecule has 5 nitrogen and oxygen atoms in total. The minimum absolute atomic E-state index is 0.233. The van der Waals surface area contributed by atoms with Crippen molar-refractivity contribution in [1.82, 2.24) is 10.2 Å². The number of carbonyl (C=O) groups excluding carboxylic acids is 1. The number of halogens is 3. The van der Waals surface area contributed by atoms with Crippen molar-refractivity contribution in [3.05, 3.63) is 59.7 Å². The van der Waals surface area contributed by atoms with Gasteiger partial charge in [-0.1, -0.05) is 24.3 Å². The Kier molecular flexibility index (Phi) is 6.92. The molecule has 2 aromatic rings. The van der Waals surface area contributed by atoms with Crippen LogP contribution in [0.1, 0.15) is 11.1 Å². The van der Waals surface area contributed by atoms with E-state index in [9.17, 15) is 18.0 Å². The van der Waals surface area contributed by atoms with E-state index in [-0.39, 0.29) is 11.8 Å². The number of alkyl halides is 3. The molecule has 0 aromatic heterocycles. The van der Waals surface area contributed by atoms with Gasteiger partial charge in [-0.05, 0) is 41.8 Å². The van der Waals surface area contributed by atoms with Gasteiger partial charge in [0, 0.05) is 20.1 Å². The Morgan fingerprint density at radius 2 is 1.56 bits per heavy atom. The minimum Gasteiger partial charge on any atom is -0.497 e. The zero-order valence-corrected chi connectivity index (χ0v) is 15.0. The highest BCUT2D eigenvalue weighted by Gasteiger charge is 2.30. The first-order valence-electron chi connectivity index (χ1n) is 8.23. The fourth-order valence-corrected chi connectivity index (χ4v) is 2.38. The smallest absolute Gasteiger partial charge is 0.497 e. The predicted octanol–water partition coefficient (Wildman–Crippen LogP) is 3.98. The van der Waals surface area contributed by atoms with Gasteiger partial charge in [0.2, 0.25) is 0 Å². The van der Waals surface area contributed by atoms with Crippen molar-refractivity contribution in [2.24, 2.45) is 0 Å². The monoisotopic (exact) mass is 382 g/mol. The molecule has 2 amide bonds. The molecule has 0 radical (unpaired) electrons. The highest BCUT2D eigenvalue weighted by Crippen LogP contribution is 2.22. The van der Waals surface area contributed by atoms with E-state index in [4.69, 9.17) is 4.74 Å². The quantitative estimate of drug-likeness (QED) is 0.788. The first kappa shape index (κ1) is 20.4. The number of nitrogens with zero attached hydrogens (tertiary/aromatic N) is 1. The lowest BCUT2D eigenvalue weighted by Gasteiger charge is -2.18. The second-order valence-electron chi connectivity index (χ2n) is 5.88. The average molecular weight is 382 g/mol. The summed E-state index contributed by atoms with van der Waals surface area (Å²) in [5.41, 5.74) is 1.76. The third-order valence-electron chi connectivity index (χ3n) is 3.77. The van der Waals surface area contributed by atoms with Gasteiger partial charge in [0.1, 0.15) is 11.5 Å². The molecule has 2 aromatic carbocycles. The highest BCUT2D eigenvalue weighted by atomic mass is 19.4. The summed E-state index contributed by atoms with van der Waals surface area (Å²) < 4.78 is 45.3. The van der Waals surface area contributed by atoms with Gasteiger partial charge in [-0.3, -0.25) is 0 Å². The topological polar surface area (TPSA) is 50.8 Å². The van der Waals surface area contributed by atoms with E-state index < -0.39 is 6.36 Å². The van der Waals surface area contributed by atoms with Gasteiger partial charge in [-0.25, -0.2) is 4.79 Å². The van der Waals surface area contributed by atoms with E-state index in [1.807, 2.05) is 24.3 Å². The maximum Gasteiger partial charge on any atom is 0.573 e. The van der Waals surface area contributed by atoms with E-state index in [0.29, 0.717) is 19.5 Å². The van der Waals surface area contributed by atoms with Crippen LogP contribution in [0, 0.1) is 0 Å². The van der Waals surface area contributed by atoms with Crippen LogP contribution in [0.25, 0.3) is 0 Å². The van der Waals surface area contributed by atoms with Crippen LogP contribution in [0.15, 0.2) is 48.5 Å². The molecule has 0 spiro atoms. The average Bonchev–Trinajstić information content (AvgIpc) is 2.62. The second-order valence-corrected chi connectivity index (χ2v) is 5.88. The summed E-state index contributed by atoms with van der Waals surface area (Å²) in [5, 5.41) is 2.78. The van der Waals surface area contributed by atoms with E-state index in [2.05, 4.69) is 10.1 Å². The van der Waals surface area contributed by atoms with Crippen molar-refractivity contribution >= 4 is 6.03 Å². The van der Waals surface area contributed by atoms with Crippen molar-refractivity contribution in [3.8, 4) is 11.5 Å². The van der Waals surface area contributed by atoms with Crippen LogP contribution in [0.3, 0.4) is 0 Å². The first-order chi connectivity index (χ1) is 12.8. The van der Waals surface area contributed by atoms with Crippen LogP contribution in [0.5, 0.6) is 11.5 Å². The molecule has 2 rings (SSSR count). The summed E-state index contributed by atoms with van der Waals surface area (Å²) >= 11 is 0. The molecule has 0 heterocycles. The van der Waals surface area contributed by atoms with Gasteiger partial charge in [0.25, 0.3) is 0 Å². The Morgan fingerprint density at radius 3 is 2.11 bits per heavy atom. The van der Waals surface area contributed by atoms with Crippen molar-refractivity contribution in [1.29, 1.82) is 0 Å². The summed E-state index contributed by atoms with van der Waals surface area (Å²) in [7, 11) is 3.27. The van der Waals surface area contributed by atoms with Crippen LogP contribution >= 0.6 is 0 Å². The number of hydrogen-bond acceptors (Lipinski definition) is 3. The molecule has 0 unspecified atom stereocenters. The number of hydrogen-bond donors (Lipinski definition) is 1. The summed E-state index contributed by atoms with van der Waals surface area (Å²) in [6, 6.07) is 12.8. The van der Waals surface area contributed by atoms with Gasteiger partial charge < -0.3 is 19.7 Å². The lowest BCUT2D eigenvalue weighted by atomic mass is 10.1. The number of rotatable bonds is 7. The normalized spacial score (nSPS) is 11.0. The zero-order valence-electron chi connectivity index (χ0n) is 15.0. The van der Waals surface area contributed by atoms with E-state index in [1.54, 1.807) is 19.1 Å². The van der Waals surface area contributed by atoms with Crippen LogP contribution in [-0.2, 0) is 13.0 Å². The molecule has 0 aliphatic carbocycles. The van der Waals surface area contributed by atoms with E-state index >= 15 is 0 Å². The van der Waals surface area contributed by atoms with Gasteiger partial charge >= 0.3 is 12.4 Å². The van der Waals surface area contributed by atoms with Gasteiger partial charge in [-0.15, -0.1) is 13.2 Å². The molecule has 0 fully saturated rings. The third kappa shape index (κ3) is 7.08. The zero-order chi connectivity index (χ0) is 19.9. The third-order valence-corrected chi connectivity index (χ3v) is 3.77. The van der Waals surface area contributed by atoms with Gasteiger partial charge in [0.15, 0.2) is 0 Å². The summed E-state index contributed by atoms with van der Waals surface area (Å²) in [5.74, 6) is 0.479. The van der Waals surface area contributed by atoms with Crippen LogP contribution in [0.2, 0.25) is 0 Å². The second kappa shape index (κ2) is 9.16. The Balaban J connectivity index is 1.76. The summed E-state index contributed by atoms with van der Waals surface area (Å²) in [6.07, 6.45) is -4.21. The summed E-state index contributed by atoms with van der Waals surface area (Å²) in [6.45, 7) is 0.810. The van der Waals surface area contributed by atoms with Crippen molar-refractivity contribution in [3.63, 3.8) is 0 Å². The molecular formula is C19H21F3N2O3. The number of carbonyl (C=O) groups is 1. The standard InChI is InChI=1S/C19H21F3N2O3/c1-24(13-15-5-7-16(26-2)8-6-15)18(25)23-12-11-14-3-9-17(10-4-14)27-19(20,21)22/h3-10H,11-13H2,1-2H3,(H,23,25). The molecule has 27 heavy (non-hydrogen) atoms. The number of urea groups is 1. The van der Waals surface area contributed by atoms with Gasteiger partial charge in [0.05, 0.1) is 7.11 Å². The van der Waals surface area contributed by atoms with E-state index in [0.717, 1.165) is 16.9 Å². The lowest BCUT2D eigenvalue weighted by molar-refractivity contribution is -0.274. The maximum absolute atomic E-state index is 12.1. The number of methoxy groups -OCH3 is 1. The molecule has 0 aliphatic rings. The molecular weight excluding hydrogens is 361 g/mol. The Morgan fingerprint density at radius 1 is 1.00 bits per heavy atom. The lowest BCUT2D eigenvalue weighted by Crippen LogP contribution is -2.37. The summed E-state index contributed by atoms with van der Waals surface area (Å²) in [4.78, 5) is 13.7. The molecule has 0 atom stereocenters. The molecule has 0 saturated heterocycles. The molecule has 0 bridgehead atoms. The number of nitrogens with one attached hydrogen (secondary N) is 1. The van der Waals surface area contributed by atoms with Crippen molar-refractivity contribution in [2.45, 2.75) is 19.3 Å².